The lowest BCUT2D eigenvalue weighted by Gasteiger charge is -2.27. The topological polar surface area (TPSA) is 87.1 Å². The normalized spacial score (nSPS) is 25.6. The quantitative estimate of drug-likeness (QED) is 0.683. The number of carbonyl (C=O) groups excluding carboxylic acids is 1. The highest BCUT2D eigenvalue weighted by Gasteiger charge is 2.42. The smallest absolute Gasteiger partial charge is 0.411 e. The maximum absolute atomic E-state index is 11.7. The van der Waals surface area contributed by atoms with E-state index < -0.39 is 29.8 Å². The Hall–Kier alpha value is -1.30. The fourth-order valence-electron chi connectivity index (χ4n) is 1.60. The summed E-state index contributed by atoms with van der Waals surface area (Å²) in [6, 6.07) is -1.20. The van der Waals surface area contributed by atoms with Gasteiger partial charge in [-0.15, -0.1) is 0 Å². The molecular formula is C10H17NO5. The van der Waals surface area contributed by atoms with Crippen LogP contribution in [0.1, 0.15) is 27.2 Å². The summed E-state index contributed by atoms with van der Waals surface area (Å²) in [6.07, 6.45) is -1.46. The second-order valence-corrected chi connectivity index (χ2v) is 4.81. The predicted molar refractivity (Wildman–Crippen MR) is 55.0 cm³/mol. The number of aliphatic hydroxyl groups excluding tert-OH is 1. The number of amides is 1. The van der Waals surface area contributed by atoms with Gasteiger partial charge in [0.2, 0.25) is 0 Å². The van der Waals surface area contributed by atoms with Gasteiger partial charge >= 0.3 is 12.1 Å². The highest BCUT2D eigenvalue weighted by molar-refractivity contribution is 5.81. The molecule has 2 atom stereocenters. The summed E-state index contributed by atoms with van der Waals surface area (Å²) >= 11 is 0. The molecule has 0 radical (unpaired) electrons. The van der Waals surface area contributed by atoms with Crippen LogP contribution in [0.4, 0.5) is 4.79 Å². The van der Waals surface area contributed by atoms with E-state index in [0.717, 1.165) is 4.90 Å². The third kappa shape index (κ3) is 2.85. The largest absolute Gasteiger partial charge is 0.480 e. The first-order valence-corrected chi connectivity index (χ1v) is 5.13. The van der Waals surface area contributed by atoms with Crippen molar-refractivity contribution in [1.82, 2.24) is 4.90 Å². The Bertz CT molecular complexity index is 296. The predicted octanol–water partition coefficient (Wildman–Crippen LogP) is 0.441. The second-order valence-electron chi connectivity index (χ2n) is 4.81. The average Bonchev–Trinajstić information content (AvgIpc) is 2.43. The Kier molecular flexibility index (Phi) is 3.42. The number of likely N-dealkylation sites (tertiary alicyclic amines) is 1. The highest BCUT2D eigenvalue weighted by Crippen LogP contribution is 2.21. The van der Waals surface area contributed by atoms with Gasteiger partial charge in [0, 0.05) is 6.54 Å². The highest BCUT2D eigenvalue weighted by atomic mass is 16.6. The summed E-state index contributed by atoms with van der Waals surface area (Å²) in [6.45, 7) is 5.31. The molecular weight excluding hydrogens is 214 g/mol. The summed E-state index contributed by atoms with van der Waals surface area (Å²) in [5.74, 6) is -1.21. The summed E-state index contributed by atoms with van der Waals surface area (Å²) in [4.78, 5) is 23.6. The molecule has 2 N–H and O–H groups in total. The fraction of sp³-hybridized carbons (Fsp3) is 0.800. The number of hydrogen-bond acceptors (Lipinski definition) is 4. The first-order valence-electron chi connectivity index (χ1n) is 5.13. The van der Waals surface area contributed by atoms with Gasteiger partial charge in [0.05, 0.1) is 6.10 Å². The van der Waals surface area contributed by atoms with E-state index in [1.165, 1.54) is 0 Å². The van der Waals surface area contributed by atoms with Gasteiger partial charge in [-0.3, -0.25) is 4.90 Å². The summed E-state index contributed by atoms with van der Waals surface area (Å²) in [7, 11) is 0. The molecule has 1 fully saturated rings. The SMILES string of the molecule is CC(C)(C)OC(=O)N1CCC(O)[C@H]1C(=O)O. The molecule has 16 heavy (non-hydrogen) atoms. The van der Waals surface area contributed by atoms with Gasteiger partial charge in [0.1, 0.15) is 5.60 Å². The van der Waals surface area contributed by atoms with E-state index >= 15 is 0 Å². The van der Waals surface area contributed by atoms with Gasteiger partial charge in [-0.1, -0.05) is 0 Å². The Morgan fingerprint density at radius 3 is 2.38 bits per heavy atom. The maximum atomic E-state index is 11.7. The number of aliphatic carboxylic acids is 1. The van der Waals surface area contributed by atoms with Crippen molar-refractivity contribution >= 4 is 12.1 Å². The zero-order valence-electron chi connectivity index (χ0n) is 9.64. The maximum Gasteiger partial charge on any atom is 0.411 e. The number of nitrogens with zero attached hydrogens (tertiary/aromatic N) is 1. The van der Waals surface area contributed by atoms with Crippen LogP contribution in [0.5, 0.6) is 0 Å². The molecule has 1 saturated heterocycles. The van der Waals surface area contributed by atoms with Gasteiger partial charge < -0.3 is 14.9 Å². The summed E-state index contributed by atoms with van der Waals surface area (Å²) in [5.41, 5.74) is -0.673. The molecule has 0 spiro atoms. The zero-order valence-corrected chi connectivity index (χ0v) is 9.64. The molecule has 0 aliphatic carbocycles. The minimum absolute atomic E-state index is 0.201. The molecule has 0 aromatic heterocycles. The van der Waals surface area contributed by atoms with Crippen LogP contribution in [-0.2, 0) is 9.53 Å². The lowest BCUT2D eigenvalue weighted by Crippen LogP contribution is -2.46. The van der Waals surface area contributed by atoms with Crippen LogP contribution in [0.2, 0.25) is 0 Å². The standard InChI is InChI=1S/C10H17NO5/c1-10(2,3)16-9(15)11-5-4-6(12)7(11)8(13)14/h6-7,12H,4-5H2,1-3H3,(H,13,14)/t6?,7-/m0/s1. The minimum Gasteiger partial charge on any atom is -0.480 e. The molecule has 1 rings (SSSR count). The van der Waals surface area contributed by atoms with Gasteiger partial charge in [-0.2, -0.15) is 0 Å². The number of ether oxygens (including phenoxy) is 1. The molecule has 1 unspecified atom stereocenters. The van der Waals surface area contributed by atoms with E-state index in [1.54, 1.807) is 20.8 Å². The Morgan fingerprint density at radius 1 is 1.38 bits per heavy atom. The molecule has 1 aliphatic rings. The van der Waals surface area contributed by atoms with Crippen LogP contribution in [0, 0.1) is 0 Å². The van der Waals surface area contributed by atoms with Gasteiger partial charge in [0.25, 0.3) is 0 Å². The molecule has 92 valence electrons. The Morgan fingerprint density at radius 2 is 1.94 bits per heavy atom. The number of rotatable bonds is 1. The molecule has 1 aliphatic heterocycles. The van der Waals surface area contributed by atoms with E-state index in [-0.39, 0.29) is 13.0 Å². The zero-order chi connectivity index (χ0) is 12.5. The number of carbonyl (C=O) groups is 2. The van der Waals surface area contributed by atoms with Crippen molar-refractivity contribution in [1.29, 1.82) is 0 Å². The van der Waals surface area contributed by atoms with E-state index in [1.807, 2.05) is 0 Å². The first-order chi connectivity index (χ1) is 7.22. The van der Waals surface area contributed by atoms with Crippen molar-refractivity contribution in [3.05, 3.63) is 0 Å². The number of aliphatic hydroxyl groups is 1. The lowest BCUT2D eigenvalue weighted by atomic mass is 10.2. The first kappa shape index (κ1) is 12.8. The molecule has 6 heteroatoms. The summed E-state index contributed by atoms with van der Waals surface area (Å²) < 4.78 is 5.06. The van der Waals surface area contributed by atoms with Gasteiger partial charge in [-0.05, 0) is 27.2 Å². The monoisotopic (exact) mass is 231 g/mol. The van der Waals surface area contributed by atoms with Crippen molar-refractivity contribution in [2.45, 2.75) is 44.9 Å². The van der Waals surface area contributed by atoms with Crippen LogP contribution in [0.25, 0.3) is 0 Å². The number of carboxylic acid groups (broad SMARTS) is 1. The molecule has 0 aromatic rings. The molecule has 1 amide bonds. The third-order valence-corrected chi connectivity index (χ3v) is 2.25. The van der Waals surface area contributed by atoms with Gasteiger partial charge in [-0.25, -0.2) is 9.59 Å². The van der Waals surface area contributed by atoms with Crippen molar-refractivity contribution in [3.63, 3.8) is 0 Å². The second kappa shape index (κ2) is 4.29. The molecule has 1 heterocycles. The van der Waals surface area contributed by atoms with Crippen LogP contribution >= 0.6 is 0 Å². The van der Waals surface area contributed by atoms with Crippen molar-refractivity contribution in [2.75, 3.05) is 6.54 Å². The van der Waals surface area contributed by atoms with Crippen molar-refractivity contribution < 1.29 is 24.5 Å². The average molecular weight is 231 g/mol. The van der Waals surface area contributed by atoms with Crippen molar-refractivity contribution in [3.8, 4) is 0 Å². The fourth-order valence-corrected chi connectivity index (χ4v) is 1.60. The van der Waals surface area contributed by atoms with E-state index in [0.29, 0.717) is 0 Å². The van der Waals surface area contributed by atoms with E-state index in [4.69, 9.17) is 9.84 Å². The Balaban J connectivity index is 2.73. The lowest BCUT2D eigenvalue weighted by molar-refractivity contribution is -0.144. The van der Waals surface area contributed by atoms with E-state index in [2.05, 4.69) is 0 Å². The summed E-state index contributed by atoms with van der Waals surface area (Å²) in [5, 5.41) is 18.3. The molecule has 0 saturated carbocycles. The number of hydrogen-bond donors (Lipinski definition) is 2. The molecule has 0 bridgehead atoms. The van der Waals surface area contributed by atoms with Crippen LogP contribution in [0.3, 0.4) is 0 Å². The van der Waals surface area contributed by atoms with Crippen molar-refractivity contribution in [2.24, 2.45) is 0 Å². The molecule has 0 aromatic carbocycles. The van der Waals surface area contributed by atoms with E-state index in [9.17, 15) is 14.7 Å². The van der Waals surface area contributed by atoms with Crippen LogP contribution in [0.15, 0.2) is 0 Å². The Labute approximate surface area is 93.8 Å². The van der Waals surface area contributed by atoms with Gasteiger partial charge in [0.15, 0.2) is 6.04 Å². The number of carboxylic acids is 1. The van der Waals surface area contributed by atoms with Crippen LogP contribution in [-0.4, -0.2) is 51.5 Å². The van der Waals surface area contributed by atoms with Crippen LogP contribution < -0.4 is 0 Å². The third-order valence-electron chi connectivity index (χ3n) is 2.25. The molecule has 6 nitrogen and oxygen atoms in total. The minimum atomic E-state index is -1.21.